The lowest BCUT2D eigenvalue weighted by molar-refractivity contribution is -0.125. The van der Waals surface area contributed by atoms with Crippen LogP contribution in [0, 0.1) is 5.92 Å². The zero-order valence-electron chi connectivity index (χ0n) is 11.0. The number of hydrogen-bond acceptors (Lipinski definition) is 3. The van der Waals surface area contributed by atoms with Crippen LogP contribution in [0.5, 0.6) is 5.75 Å². The van der Waals surface area contributed by atoms with Crippen molar-refractivity contribution in [3.63, 3.8) is 0 Å². The number of piperidine rings is 1. The second-order valence-corrected chi connectivity index (χ2v) is 5.37. The molecule has 1 fully saturated rings. The minimum atomic E-state index is 0.120. The van der Waals surface area contributed by atoms with Gasteiger partial charge in [0.25, 0.3) is 0 Å². The number of halogens is 1. The Kier molecular flexibility index (Phi) is 4.66. The minimum absolute atomic E-state index is 0.120. The van der Waals surface area contributed by atoms with Crippen molar-refractivity contribution in [3.05, 3.63) is 28.8 Å². The van der Waals surface area contributed by atoms with Crippen LogP contribution in [-0.2, 0) is 11.3 Å². The Morgan fingerprint density at radius 1 is 1.47 bits per heavy atom. The van der Waals surface area contributed by atoms with Crippen molar-refractivity contribution in [2.75, 3.05) is 20.1 Å². The van der Waals surface area contributed by atoms with Gasteiger partial charge in [0.1, 0.15) is 5.75 Å². The number of phenols is 1. The van der Waals surface area contributed by atoms with Gasteiger partial charge in [-0.25, -0.2) is 0 Å². The molecule has 5 heteroatoms. The molecule has 0 radical (unpaired) electrons. The zero-order chi connectivity index (χ0) is 13.8. The third kappa shape index (κ3) is 3.61. The fourth-order valence-corrected chi connectivity index (χ4v) is 2.67. The van der Waals surface area contributed by atoms with Crippen molar-refractivity contribution in [1.82, 2.24) is 10.2 Å². The van der Waals surface area contributed by atoms with Gasteiger partial charge >= 0.3 is 0 Å². The highest BCUT2D eigenvalue weighted by Gasteiger charge is 2.24. The lowest BCUT2D eigenvalue weighted by Gasteiger charge is -2.31. The number of amides is 1. The smallest absolute Gasteiger partial charge is 0.222 e. The molecule has 1 saturated heterocycles. The Bertz CT molecular complexity index is 457. The first kappa shape index (κ1) is 14.2. The summed E-state index contributed by atoms with van der Waals surface area (Å²) in [7, 11) is 1.68. The first-order chi connectivity index (χ1) is 9.10. The van der Waals surface area contributed by atoms with E-state index in [2.05, 4.69) is 10.2 Å². The van der Waals surface area contributed by atoms with Crippen LogP contribution in [0.4, 0.5) is 0 Å². The van der Waals surface area contributed by atoms with E-state index in [-0.39, 0.29) is 17.6 Å². The van der Waals surface area contributed by atoms with E-state index in [0.717, 1.165) is 31.5 Å². The SMILES string of the molecule is CNC(=O)C1CCN(Cc2cc(Cl)ccc2O)CC1. The van der Waals surface area contributed by atoms with Crippen molar-refractivity contribution in [2.45, 2.75) is 19.4 Å². The highest BCUT2D eigenvalue weighted by Crippen LogP contribution is 2.25. The standard InChI is InChI=1S/C14H19ClN2O2/c1-16-14(19)10-4-6-17(7-5-10)9-11-8-12(15)2-3-13(11)18/h2-3,8,10,18H,4-7,9H2,1H3,(H,16,19). The maximum absolute atomic E-state index is 11.5. The van der Waals surface area contributed by atoms with Gasteiger partial charge < -0.3 is 10.4 Å². The van der Waals surface area contributed by atoms with Crippen LogP contribution >= 0.6 is 11.6 Å². The molecule has 0 spiro atoms. The highest BCUT2D eigenvalue weighted by atomic mass is 35.5. The topological polar surface area (TPSA) is 52.6 Å². The van der Waals surface area contributed by atoms with Crippen molar-refractivity contribution < 1.29 is 9.90 Å². The average Bonchev–Trinajstić information content (AvgIpc) is 2.43. The van der Waals surface area contributed by atoms with Crippen molar-refractivity contribution in [2.24, 2.45) is 5.92 Å². The van der Waals surface area contributed by atoms with Crippen LogP contribution in [0.3, 0.4) is 0 Å². The minimum Gasteiger partial charge on any atom is -0.508 e. The van der Waals surface area contributed by atoms with Gasteiger partial charge in [-0.2, -0.15) is 0 Å². The molecule has 0 aliphatic carbocycles. The van der Waals surface area contributed by atoms with Crippen LogP contribution < -0.4 is 5.32 Å². The Hall–Kier alpha value is -1.26. The number of nitrogens with one attached hydrogen (secondary N) is 1. The summed E-state index contributed by atoms with van der Waals surface area (Å²) in [4.78, 5) is 13.8. The summed E-state index contributed by atoms with van der Waals surface area (Å²) in [6.07, 6.45) is 1.72. The number of hydrogen-bond donors (Lipinski definition) is 2. The van der Waals surface area contributed by atoms with Crippen LogP contribution in [0.25, 0.3) is 0 Å². The molecule has 2 N–H and O–H groups in total. The van der Waals surface area contributed by atoms with E-state index < -0.39 is 0 Å². The largest absolute Gasteiger partial charge is 0.508 e. The number of aromatic hydroxyl groups is 1. The van der Waals surface area contributed by atoms with Gasteiger partial charge in [-0.3, -0.25) is 9.69 Å². The average molecular weight is 283 g/mol. The van der Waals surface area contributed by atoms with Crippen LogP contribution in [0.15, 0.2) is 18.2 Å². The molecule has 19 heavy (non-hydrogen) atoms. The van der Waals surface area contributed by atoms with E-state index in [1.54, 1.807) is 25.2 Å². The summed E-state index contributed by atoms with van der Waals surface area (Å²) in [5.41, 5.74) is 0.839. The summed E-state index contributed by atoms with van der Waals surface area (Å²) >= 11 is 5.94. The molecular weight excluding hydrogens is 264 g/mol. The molecular formula is C14H19ClN2O2. The van der Waals surface area contributed by atoms with Gasteiger partial charge in [0.15, 0.2) is 0 Å². The van der Waals surface area contributed by atoms with E-state index in [1.807, 2.05) is 0 Å². The van der Waals surface area contributed by atoms with Gasteiger partial charge in [-0.1, -0.05) is 11.6 Å². The highest BCUT2D eigenvalue weighted by molar-refractivity contribution is 6.30. The van der Waals surface area contributed by atoms with Gasteiger partial charge in [0.2, 0.25) is 5.91 Å². The molecule has 2 rings (SSSR count). The second-order valence-electron chi connectivity index (χ2n) is 4.94. The Morgan fingerprint density at radius 2 is 2.16 bits per heavy atom. The van der Waals surface area contributed by atoms with E-state index >= 15 is 0 Å². The first-order valence-electron chi connectivity index (χ1n) is 6.51. The van der Waals surface area contributed by atoms with Gasteiger partial charge in [0, 0.05) is 30.1 Å². The number of carbonyl (C=O) groups is 1. The third-order valence-electron chi connectivity index (χ3n) is 3.64. The summed E-state index contributed by atoms with van der Waals surface area (Å²) in [5.74, 6) is 0.525. The Labute approximate surface area is 118 Å². The molecule has 1 aromatic rings. The third-order valence-corrected chi connectivity index (χ3v) is 3.88. The summed E-state index contributed by atoms with van der Waals surface area (Å²) in [6, 6.07) is 5.09. The second kappa shape index (κ2) is 6.26. The fourth-order valence-electron chi connectivity index (χ4n) is 2.48. The Morgan fingerprint density at radius 3 is 2.79 bits per heavy atom. The number of rotatable bonds is 3. The number of benzene rings is 1. The van der Waals surface area contributed by atoms with Crippen molar-refractivity contribution in [1.29, 1.82) is 0 Å². The molecule has 1 aliphatic rings. The van der Waals surface area contributed by atoms with E-state index in [0.29, 0.717) is 11.6 Å². The normalized spacial score (nSPS) is 17.4. The van der Waals surface area contributed by atoms with Crippen LogP contribution in [-0.4, -0.2) is 36.1 Å². The van der Waals surface area contributed by atoms with Gasteiger partial charge in [-0.15, -0.1) is 0 Å². The maximum Gasteiger partial charge on any atom is 0.222 e. The molecule has 0 saturated carbocycles. The number of likely N-dealkylation sites (tertiary alicyclic amines) is 1. The molecule has 0 bridgehead atoms. The Balaban J connectivity index is 1.92. The zero-order valence-corrected chi connectivity index (χ0v) is 11.8. The van der Waals surface area contributed by atoms with Gasteiger partial charge in [0.05, 0.1) is 0 Å². The molecule has 104 valence electrons. The molecule has 0 atom stereocenters. The summed E-state index contributed by atoms with van der Waals surface area (Å²) < 4.78 is 0. The first-order valence-corrected chi connectivity index (χ1v) is 6.89. The van der Waals surface area contributed by atoms with Crippen molar-refractivity contribution in [3.8, 4) is 5.75 Å². The lowest BCUT2D eigenvalue weighted by atomic mass is 9.95. The van der Waals surface area contributed by atoms with Gasteiger partial charge in [-0.05, 0) is 44.1 Å². The van der Waals surface area contributed by atoms with E-state index in [4.69, 9.17) is 11.6 Å². The fraction of sp³-hybridized carbons (Fsp3) is 0.500. The van der Waals surface area contributed by atoms with Crippen molar-refractivity contribution >= 4 is 17.5 Å². The molecule has 1 aromatic carbocycles. The summed E-state index contributed by atoms with van der Waals surface area (Å²) in [6.45, 7) is 2.40. The quantitative estimate of drug-likeness (QED) is 0.892. The van der Waals surface area contributed by atoms with Crippen LogP contribution in [0.1, 0.15) is 18.4 Å². The molecule has 1 aliphatic heterocycles. The molecule has 0 unspecified atom stereocenters. The van der Waals surface area contributed by atoms with Crippen LogP contribution in [0.2, 0.25) is 5.02 Å². The predicted octanol–water partition coefficient (Wildman–Crippen LogP) is 2.00. The monoisotopic (exact) mass is 282 g/mol. The molecule has 4 nitrogen and oxygen atoms in total. The summed E-state index contributed by atoms with van der Waals surface area (Å²) in [5, 5.41) is 13.1. The molecule has 0 aromatic heterocycles. The number of phenolic OH excluding ortho intramolecular Hbond substituents is 1. The number of carbonyl (C=O) groups excluding carboxylic acids is 1. The molecule has 1 amide bonds. The van der Waals surface area contributed by atoms with E-state index in [9.17, 15) is 9.90 Å². The maximum atomic E-state index is 11.5. The van der Waals surface area contributed by atoms with E-state index in [1.165, 1.54) is 0 Å². The molecule has 1 heterocycles. The lowest BCUT2D eigenvalue weighted by Crippen LogP contribution is -2.39. The predicted molar refractivity (Wildman–Crippen MR) is 75.2 cm³/mol. The number of nitrogens with zero attached hydrogens (tertiary/aromatic N) is 1.